The van der Waals surface area contributed by atoms with Gasteiger partial charge in [-0.15, -0.1) is 0 Å². The summed E-state index contributed by atoms with van der Waals surface area (Å²) in [5.74, 6) is 2.00. The van der Waals surface area contributed by atoms with Crippen molar-refractivity contribution in [2.45, 2.75) is 25.3 Å². The molecule has 3 rings (SSSR count). The third kappa shape index (κ3) is 2.58. The van der Waals surface area contributed by atoms with Crippen LogP contribution >= 0.6 is 11.8 Å². The normalized spacial score (nSPS) is 21.2. The van der Waals surface area contributed by atoms with Gasteiger partial charge in [0, 0.05) is 30.0 Å². The molecule has 2 aliphatic heterocycles. The van der Waals surface area contributed by atoms with Crippen molar-refractivity contribution in [3.8, 4) is 0 Å². The number of anilines is 2. The zero-order valence-corrected chi connectivity index (χ0v) is 11.7. The molecule has 1 atom stereocenters. The molecule has 0 saturated carbocycles. The quantitative estimate of drug-likeness (QED) is 0.660. The van der Waals surface area contributed by atoms with Crippen LogP contribution in [0.1, 0.15) is 18.4 Å². The molecular formula is C13H15N3O3S. The van der Waals surface area contributed by atoms with Gasteiger partial charge in [-0.1, -0.05) is 0 Å². The van der Waals surface area contributed by atoms with Crippen LogP contribution in [-0.2, 0) is 11.2 Å². The van der Waals surface area contributed by atoms with E-state index in [1.807, 2.05) is 11.8 Å². The minimum Gasteiger partial charge on any atom is -0.376 e. The van der Waals surface area contributed by atoms with Crippen molar-refractivity contribution in [2.24, 2.45) is 0 Å². The van der Waals surface area contributed by atoms with E-state index in [1.54, 1.807) is 12.1 Å². The minimum absolute atomic E-state index is 0.0336. The number of benzene rings is 1. The Labute approximate surface area is 120 Å². The number of hydrogen-bond donors (Lipinski definition) is 2. The summed E-state index contributed by atoms with van der Waals surface area (Å²) in [4.78, 5) is 22.3. The van der Waals surface area contributed by atoms with E-state index >= 15 is 0 Å². The van der Waals surface area contributed by atoms with Gasteiger partial charge >= 0.3 is 0 Å². The summed E-state index contributed by atoms with van der Waals surface area (Å²) in [5.41, 5.74) is 2.13. The average Bonchev–Trinajstić information content (AvgIpc) is 2.90. The van der Waals surface area contributed by atoms with Gasteiger partial charge in [0.2, 0.25) is 5.91 Å². The molecule has 1 saturated heterocycles. The predicted octanol–water partition coefficient (Wildman–Crippen LogP) is 2.40. The van der Waals surface area contributed by atoms with Gasteiger partial charge in [-0.3, -0.25) is 14.9 Å². The molecule has 1 aromatic rings. The molecule has 6 nitrogen and oxygen atoms in total. The number of nitro groups is 1. The third-order valence-corrected chi connectivity index (χ3v) is 4.77. The van der Waals surface area contributed by atoms with Gasteiger partial charge in [0.1, 0.15) is 5.69 Å². The molecule has 1 fully saturated rings. The summed E-state index contributed by atoms with van der Waals surface area (Å²) in [6, 6.07) is 3.54. The molecule has 1 amide bonds. The number of amides is 1. The number of hydrogen-bond acceptors (Lipinski definition) is 5. The number of carbonyl (C=O) groups is 1. The fourth-order valence-electron chi connectivity index (χ4n) is 2.55. The molecule has 20 heavy (non-hydrogen) atoms. The molecule has 2 aliphatic rings. The molecule has 0 radical (unpaired) electrons. The van der Waals surface area contributed by atoms with Crippen molar-refractivity contribution < 1.29 is 9.72 Å². The Kier molecular flexibility index (Phi) is 3.52. The van der Waals surface area contributed by atoms with Crippen molar-refractivity contribution in [1.29, 1.82) is 0 Å². The number of nitrogens with one attached hydrogen (secondary N) is 2. The molecule has 0 aliphatic carbocycles. The number of aryl methyl sites for hydroxylation is 1. The van der Waals surface area contributed by atoms with Crippen LogP contribution < -0.4 is 10.6 Å². The van der Waals surface area contributed by atoms with Crippen molar-refractivity contribution in [3.05, 3.63) is 27.8 Å². The highest BCUT2D eigenvalue weighted by Crippen LogP contribution is 2.35. The fraction of sp³-hybridized carbons (Fsp3) is 0.462. The summed E-state index contributed by atoms with van der Waals surface area (Å²) in [6.07, 6.45) is 1.95. The highest BCUT2D eigenvalue weighted by molar-refractivity contribution is 7.99. The molecular weight excluding hydrogens is 278 g/mol. The maximum absolute atomic E-state index is 11.4. The zero-order valence-electron chi connectivity index (χ0n) is 10.8. The minimum atomic E-state index is -0.360. The predicted molar refractivity (Wildman–Crippen MR) is 79.4 cm³/mol. The van der Waals surface area contributed by atoms with Crippen LogP contribution in [0.25, 0.3) is 0 Å². The van der Waals surface area contributed by atoms with E-state index in [0.717, 1.165) is 23.5 Å². The smallest absolute Gasteiger partial charge is 0.292 e. The number of carbonyl (C=O) groups excluding carboxylic acids is 1. The summed E-state index contributed by atoms with van der Waals surface area (Å²) >= 11 is 1.84. The van der Waals surface area contributed by atoms with E-state index in [2.05, 4.69) is 10.6 Å². The molecule has 106 valence electrons. The molecule has 0 bridgehead atoms. The molecule has 0 aromatic heterocycles. The highest BCUT2D eigenvalue weighted by atomic mass is 32.2. The van der Waals surface area contributed by atoms with Crippen molar-refractivity contribution >= 4 is 34.7 Å². The van der Waals surface area contributed by atoms with Gasteiger partial charge in [0.25, 0.3) is 5.69 Å². The summed E-state index contributed by atoms with van der Waals surface area (Å²) < 4.78 is 0. The van der Waals surface area contributed by atoms with E-state index in [1.165, 1.54) is 0 Å². The lowest BCUT2D eigenvalue weighted by molar-refractivity contribution is -0.384. The summed E-state index contributed by atoms with van der Waals surface area (Å²) in [7, 11) is 0. The molecule has 2 heterocycles. The second kappa shape index (κ2) is 5.32. The number of thioether (sulfide) groups is 1. The van der Waals surface area contributed by atoms with Gasteiger partial charge in [0.15, 0.2) is 0 Å². The number of rotatable bonds is 3. The first-order chi connectivity index (χ1) is 9.63. The van der Waals surface area contributed by atoms with Gasteiger partial charge in [0.05, 0.1) is 4.92 Å². The standard InChI is InChI=1S/C13H15N3O3S/c17-13-2-1-8-5-12(16(18)19)11(6-10(8)15-13)14-9-3-4-20-7-9/h5-6,9,14H,1-4,7H2,(H,15,17). The lowest BCUT2D eigenvalue weighted by Gasteiger charge is -2.20. The summed E-state index contributed by atoms with van der Waals surface area (Å²) in [6.45, 7) is 0. The molecule has 0 spiro atoms. The van der Waals surface area contributed by atoms with Crippen LogP contribution in [0.2, 0.25) is 0 Å². The van der Waals surface area contributed by atoms with Gasteiger partial charge in [-0.2, -0.15) is 11.8 Å². The first kappa shape index (κ1) is 13.2. The van der Waals surface area contributed by atoms with Crippen LogP contribution in [0, 0.1) is 10.1 Å². The number of nitro benzene ring substituents is 1. The first-order valence-corrected chi connectivity index (χ1v) is 7.74. The topological polar surface area (TPSA) is 84.3 Å². The molecule has 1 aromatic carbocycles. The van der Waals surface area contributed by atoms with Gasteiger partial charge in [-0.25, -0.2) is 0 Å². The van der Waals surface area contributed by atoms with E-state index in [-0.39, 0.29) is 22.6 Å². The van der Waals surface area contributed by atoms with E-state index in [4.69, 9.17) is 0 Å². The van der Waals surface area contributed by atoms with Crippen LogP contribution in [0.15, 0.2) is 12.1 Å². The Morgan fingerprint density at radius 3 is 2.95 bits per heavy atom. The van der Waals surface area contributed by atoms with Crippen LogP contribution in [0.3, 0.4) is 0 Å². The van der Waals surface area contributed by atoms with E-state index in [9.17, 15) is 14.9 Å². The molecule has 1 unspecified atom stereocenters. The Balaban J connectivity index is 1.95. The van der Waals surface area contributed by atoms with Crippen LogP contribution in [0.4, 0.5) is 17.1 Å². The van der Waals surface area contributed by atoms with E-state index < -0.39 is 0 Å². The highest BCUT2D eigenvalue weighted by Gasteiger charge is 2.25. The van der Waals surface area contributed by atoms with Crippen molar-refractivity contribution in [2.75, 3.05) is 22.1 Å². The zero-order chi connectivity index (χ0) is 14.1. The Bertz CT molecular complexity index is 570. The Hall–Kier alpha value is -1.76. The SMILES string of the molecule is O=C1CCc2cc([N+](=O)[O-])c(NC3CCSC3)cc2N1. The first-order valence-electron chi connectivity index (χ1n) is 6.59. The third-order valence-electron chi connectivity index (χ3n) is 3.60. The Morgan fingerprint density at radius 1 is 1.40 bits per heavy atom. The summed E-state index contributed by atoms with van der Waals surface area (Å²) in [5, 5.41) is 17.2. The Morgan fingerprint density at radius 2 is 2.25 bits per heavy atom. The lowest BCUT2D eigenvalue weighted by atomic mass is 10.0. The second-order valence-corrected chi connectivity index (χ2v) is 6.19. The van der Waals surface area contributed by atoms with Gasteiger partial charge in [-0.05, 0) is 30.2 Å². The van der Waals surface area contributed by atoms with Crippen LogP contribution in [-0.4, -0.2) is 28.4 Å². The number of fused-ring (bicyclic) bond motifs is 1. The fourth-order valence-corrected chi connectivity index (χ4v) is 3.70. The van der Waals surface area contributed by atoms with Crippen molar-refractivity contribution in [1.82, 2.24) is 0 Å². The number of nitrogens with zero attached hydrogens (tertiary/aromatic N) is 1. The lowest BCUT2D eigenvalue weighted by Crippen LogP contribution is -2.22. The molecule has 2 N–H and O–H groups in total. The van der Waals surface area contributed by atoms with Crippen LogP contribution in [0.5, 0.6) is 0 Å². The van der Waals surface area contributed by atoms with Gasteiger partial charge < -0.3 is 10.6 Å². The van der Waals surface area contributed by atoms with Crippen molar-refractivity contribution in [3.63, 3.8) is 0 Å². The maximum Gasteiger partial charge on any atom is 0.292 e. The molecule has 7 heteroatoms. The second-order valence-electron chi connectivity index (χ2n) is 5.04. The largest absolute Gasteiger partial charge is 0.376 e. The van der Waals surface area contributed by atoms with E-state index in [0.29, 0.717) is 24.2 Å². The maximum atomic E-state index is 11.4. The average molecular weight is 293 g/mol. The monoisotopic (exact) mass is 293 g/mol.